The number of benzene rings is 1. The third-order valence-electron chi connectivity index (χ3n) is 6.49. The van der Waals surface area contributed by atoms with Crippen molar-refractivity contribution in [1.29, 1.82) is 0 Å². The Morgan fingerprint density at radius 3 is 2.36 bits per heavy atom. The zero-order chi connectivity index (χ0) is 17.0. The van der Waals surface area contributed by atoms with E-state index in [1.54, 1.807) is 6.07 Å². The van der Waals surface area contributed by atoms with E-state index in [9.17, 15) is 10.2 Å². The fourth-order valence-corrected chi connectivity index (χ4v) is 5.86. The number of aromatic nitrogens is 1. The van der Waals surface area contributed by atoms with E-state index in [1.807, 2.05) is 6.07 Å². The van der Waals surface area contributed by atoms with Gasteiger partial charge in [-0.05, 0) is 68.4 Å². The van der Waals surface area contributed by atoms with Gasteiger partial charge in [-0.2, -0.15) is 0 Å². The third kappa shape index (κ3) is 2.71. The van der Waals surface area contributed by atoms with Crippen LogP contribution >= 0.6 is 0 Å². The molecule has 0 radical (unpaired) electrons. The van der Waals surface area contributed by atoms with Crippen molar-refractivity contribution in [2.75, 3.05) is 0 Å². The molecule has 4 bridgehead atoms. The second-order valence-electron chi connectivity index (χ2n) is 8.44. The van der Waals surface area contributed by atoms with Crippen molar-refractivity contribution in [2.24, 2.45) is 17.8 Å². The molecule has 5 nitrogen and oxygen atoms in total. The molecule has 132 valence electrons. The minimum atomic E-state index is -0.00302. The molecule has 4 aliphatic rings. The normalized spacial score (nSPS) is 33.0. The van der Waals surface area contributed by atoms with Crippen LogP contribution in [0.15, 0.2) is 28.8 Å². The molecule has 0 atom stereocenters. The van der Waals surface area contributed by atoms with Crippen LogP contribution in [-0.2, 0) is 6.54 Å². The minimum absolute atomic E-state index is 0.00302. The molecule has 2 aromatic rings. The van der Waals surface area contributed by atoms with E-state index in [0.29, 0.717) is 23.4 Å². The maximum atomic E-state index is 9.97. The predicted octanol–water partition coefficient (Wildman–Crippen LogP) is 3.81. The van der Waals surface area contributed by atoms with Gasteiger partial charge in [-0.15, -0.1) is 0 Å². The summed E-state index contributed by atoms with van der Waals surface area (Å²) in [7, 11) is 0. The van der Waals surface area contributed by atoms with Crippen LogP contribution in [0, 0.1) is 17.8 Å². The van der Waals surface area contributed by atoms with Crippen LogP contribution in [0.25, 0.3) is 11.3 Å². The lowest BCUT2D eigenvalue weighted by atomic mass is 9.53. The molecule has 0 spiro atoms. The summed E-state index contributed by atoms with van der Waals surface area (Å²) in [6.45, 7) is 0.703. The van der Waals surface area contributed by atoms with Gasteiger partial charge in [-0.1, -0.05) is 5.16 Å². The van der Waals surface area contributed by atoms with Gasteiger partial charge in [-0.3, -0.25) is 0 Å². The average molecular weight is 340 g/mol. The summed E-state index contributed by atoms with van der Waals surface area (Å²) >= 11 is 0. The summed E-state index contributed by atoms with van der Waals surface area (Å²) in [5.74, 6) is 3.31. The summed E-state index contributed by atoms with van der Waals surface area (Å²) in [5, 5.41) is 27.4. The Kier molecular flexibility index (Phi) is 3.35. The number of phenols is 2. The molecule has 3 N–H and O–H groups in total. The van der Waals surface area contributed by atoms with E-state index in [1.165, 1.54) is 50.7 Å². The van der Waals surface area contributed by atoms with E-state index in [0.717, 1.165) is 23.4 Å². The number of hydrogen-bond donors (Lipinski definition) is 3. The second-order valence-corrected chi connectivity index (χ2v) is 8.44. The lowest BCUT2D eigenvalue weighted by Gasteiger charge is -2.57. The summed E-state index contributed by atoms with van der Waals surface area (Å²) in [6, 6.07) is 6.36. The van der Waals surface area contributed by atoms with Crippen LogP contribution < -0.4 is 5.32 Å². The van der Waals surface area contributed by atoms with E-state index in [2.05, 4.69) is 10.5 Å². The van der Waals surface area contributed by atoms with Crippen molar-refractivity contribution in [3.05, 3.63) is 30.0 Å². The highest BCUT2D eigenvalue weighted by Crippen LogP contribution is 2.55. The zero-order valence-corrected chi connectivity index (χ0v) is 14.2. The Morgan fingerprint density at radius 2 is 1.72 bits per heavy atom. The van der Waals surface area contributed by atoms with Gasteiger partial charge in [0.2, 0.25) is 0 Å². The molecule has 1 aromatic carbocycles. The van der Waals surface area contributed by atoms with Crippen LogP contribution in [0.4, 0.5) is 0 Å². The largest absolute Gasteiger partial charge is 0.508 e. The van der Waals surface area contributed by atoms with Gasteiger partial charge >= 0.3 is 0 Å². The summed E-state index contributed by atoms with van der Waals surface area (Å²) in [5.41, 5.74) is 1.71. The molecule has 1 heterocycles. The monoisotopic (exact) mass is 340 g/mol. The Bertz CT molecular complexity index is 763. The molecule has 0 amide bonds. The molecular formula is C20H24N2O3. The highest BCUT2D eigenvalue weighted by Gasteiger charge is 2.50. The van der Waals surface area contributed by atoms with Gasteiger partial charge in [-0.25, -0.2) is 0 Å². The van der Waals surface area contributed by atoms with Crippen LogP contribution in [0.2, 0.25) is 0 Å². The first-order valence-electron chi connectivity index (χ1n) is 9.31. The Balaban J connectivity index is 1.30. The van der Waals surface area contributed by atoms with Crippen molar-refractivity contribution in [1.82, 2.24) is 10.5 Å². The lowest BCUT2D eigenvalue weighted by Crippen LogP contribution is -2.58. The SMILES string of the molecule is Oc1ccc(-c2cc(CNC34CC5CC(CC(C5)C3)C4)no2)c(O)c1. The number of rotatable bonds is 4. The minimum Gasteiger partial charge on any atom is -0.508 e. The molecule has 4 fully saturated rings. The van der Waals surface area contributed by atoms with E-state index in [4.69, 9.17) is 4.52 Å². The van der Waals surface area contributed by atoms with Crippen molar-refractivity contribution in [2.45, 2.75) is 50.6 Å². The maximum Gasteiger partial charge on any atom is 0.170 e. The first kappa shape index (κ1) is 15.3. The third-order valence-corrected chi connectivity index (χ3v) is 6.49. The molecule has 4 saturated carbocycles. The van der Waals surface area contributed by atoms with Gasteiger partial charge in [0.25, 0.3) is 0 Å². The van der Waals surface area contributed by atoms with Gasteiger partial charge in [0.1, 0.15) is 11.5 Å². The van der Waals surface area contributed by atoms with Crippen LogP contribution in [0.5, 0.6) is 11.5 Å². The van der Waals surface area contributed by atoms with Gasteiger partial charge in [0.05, 0.1) is 11.3 Å². The molecule has 0 aliphatic heterocycles. The van der Waals surface area contributed by atoms with Crippen LogP contribution in [0.1, 0.15) is 44.2 Å². The summed E-state index contributed by atoms with van der Waals surface area (Å²) in [4.78, 5) is 0. The molecule has 5 heteroatoms. The zero-order valence-electron chi connectivity index (χ0n) is 14.2. The van der Waals surface area contributed by atoms with Crippen molar-refractivity contribution in [3.8, 4) is 22.8 Å². The maximum absolute atomic E-state index is 9.97. The molecule has 0 unspecified atom stereocenters. The fourth-order valence-electron chi connectivity index (χ4n) is 5.86. The molecule has 0 saturated heterocycles. The quantitative estimate of drug-likeness (QED) is 0.789. The average Bonchev–Trinajstić information content (AvgIpc) is 3.00. The summed E-state index contributed by atoms with van der Waals surface area (Å²) < 4.78 is 5.41. The number of aromatic hydroxyl groups is 2. The predicted molar refractivity (Wildman–Crippen MR) is 93.0 cm³/mol. The first-order valence-corrected chi connectivity index (χ1v) is 9.31. The van der Waals surface area contributed by atoms with Gasteiger partial charge < -0.3 is 20.1 Å². The molecular weight excluding hydrogens is 316 g/mol. The molecule has 4 aliphatic carbocycles. The Hall–Kier alpha value is -2.01. The van der Waals surface area contributed by atoms with Crippen LogP contribution in [-0.4, -0.2) is 20.9 Å². The number of nitrogens with one attached hydrogen (secondary N) is 1. The molecule has 25 heavy (non-hydrogen) atoms. The van der Waals surface area contributed by atoms with Crippen molar-refractivity contribution in [3.63, 3.8) is 0 Å². The summed E-state index contributed by atoms with van der Waals surface area (Å²) in [6.07, 6.45) is 8.24. The van der Waals surface area contributed by atoms with Gasteiger partial charge in [0, 0.05) is 24.2 Å². The highest BCUT2D eigenvalue weighted by molar-refractivity contribution is 5.66. The molecule has 1 aromatic heterocycles. The first-order chi connectivity index (χ1) is 12.1. The topological polar surface area (TPSA) is 78.5 Å². The van der Waals surface area contributed by atoms with Gasteiger partial charge in [0.15, 0.2) is 5.76 Å². The molecule has 6 rings (SSSR count). The number of nitrogens with zero attached hydrogens (tertiary/aromatic N) is 1. The van der Waals surface area contributed by atoms with E-state index in [-0.39, 0.29) is 11.5 Å². The Labute approximate surface area is 147 Å². The van der Waals surface area contributed by atoms with E-state index < -0.39 is 0 Å². The second kappa shape index (κ2) is 5.49. The number of phenolic OH excluding ortho intramolecular Hbond substituents is 2. The fraction of sp³-hybridized carbons (Fsp3) is 0.550. The van der Waals surface area contributed by atoms with Crippen molar-refractivity contribution < 1.29 is 14.7 Å². The van der Waals surface area contributed by atoms with Crippen LogP contribution in [0.3, 0.4) is 0 Å². The smallest absolute Gasteiger partial charge is 0.170 e. The standard InChI is InChI=1S/C20H24N2O3/c23-16-1-2-17(18(24)7-16)19-6-15(22-25-19)11-21-20-8-12-3-13(9-20)5-14(4-12)10-20/h1-2,6-7,12-14,21,23-24H,3-5,8-11H2. The van der Waals surface area contributed by atoms with E-state index >= 15 is 0 Å². The highest BCUT2D eigenvalue weighted by atomic mass is 16.5. The lowest BCUT2D eigenvalue weighted by molar-refractivity contribution is -0.0208. The van der Waals surface area contributed by atoms with Crippen molar-refractivity contribution >= 4 is 0 Å². The Morgan fingerprint density at radius 1 is 1.04 bits per heavy atom. The number of hydrogen-bond acceptors (Lipinski definition) is 5.